The van der Waals surface area contributed by atoms with Crippen LogP contribution in [0.1, 0.15) is 33.1 Å². The van der Waals surface area contributed by atoms with Gasteiger partial charge in [0.1, 0.15) is 0 Å². The largest absolute Gasteiger partial charge is 0.312 e. The maximum Gasteiger partial charge on any atom is 0.254 e. The third-order valence-corrected chi connectivity index (χ3v) is 2.53. The Bertz CT molecular complexity index is 276. The number of likely N-dealkylation sites (N-methyl/N-ethyl adjacent to an activating group) is 1. The van der Waals surface area contributed by atoms with Gasteiger partial charge >= 0.3 is 0 Å². The van der Waals surface area contributed by atoms with Crippen molar-refractivity contribution < 1.29 is 4.79 Å². The molecule has 2 nitrogen and oxygen atoms in total. The van der Waals surface area contributed by atoms with Crippen LogP contribution in [0.2, 0.25) is 0 Å². The molecule has 1 rings (SSSR count). The van der Waals surface area contributed by atoms with Gasteiger partial charge < -0.3 is 4.90 Å². The second kappa shape index (κ2) is 3.77. The van der Waals surface area contributed by atoms with Crippen LogP contribution >= 0.6 is 0 Å². The third-order valence-electron chi connectivity index (χ3n) is 2.53. The molecule has 0 aliphatic carbocycles. The van der Waals surface area contributed by atoms with Gasteiger partial charge in [0.25, 0.3) is 5.91 Å². The summed E-state index contributed by atoms with van der Waals surface area (Å²) in [6.07, 6.45) is 2.81. The zero-order valence-electron chi connectivity index (χ0n) is 8.68. The van der Waals surface area contributed by atoms with Gasteiger partial charge in [-0.3, -0.25) is 4.79 Å². The number of amides is 1. The fraction of sp³-hybridized carbons (Fsp3) is 0.545. The summed E-state index contributed by atoms with van der Waals surface area (Å²) in [5.74, 6) is 0.142. The lowest BCUT2D eigenvalue weighted by Crippen LogP contribution is -2.20. The summed E-state index contributed by atoms with van der Waals surface area (Å²) in [4.78, 5) is 13.3. The van der Waals surface area contributed by atoms with Gasteiger partial charge in [-0.25, -0.2) is 0 Å². The van der Waals surface area contributed by atoms with Crippen molar-refractivity contribution in [3.63, 3.8) is 0 Å². The van der Waals surface area contributed by atoms with Crippen LogP contribution in [-0.2, 0) is 4.79 Å². The second-order valence-electron chi connectivity index (χ2n) is 3.37. The van der Waals surface area contributed by atoms with Crippen molar-refractivity contribution in [2.24, 2.45) is 0 Å². The van der Waals surface area contributed by atoms with Crippen molar-refractivity contribution in [3.05, 3.63) is 23.4 Å². The van der Waals surface area contributed by atoms with Gasteiger partial charge in [0.15, 0.2) is 0 Å². The zero-order chi connectivity index (χ0) is 10.0. The summed E-state index contributed by atoms with van der Waals surface area (Å²) in [6, 6.07) is 0. The SMILES string of the molecule is C=C1C(CC)=C(CCC)C(=O)N1C. The number of carbonyl (C=O) groups is 1. The van der Waals surface area contributed by atoms with E-state index in [1.54, 1.807) is 11.9 Å². The van der Waals surface area contributed by atoms with Crippen molar-refractivity contribution in [2.45, 2.75) is 33.1 Å². The maximum atomic E-state index is 11.7. The van der Waals surface area contributed by atoms with Crippen molar-refractivity contribution in [1.29, 1.82) is 0 Å². The smallest absolute Gasteiger partial charge is 0.254 e. The summed E-state index contributed by atoms with van der Waals surface area (Å²) in [6.45, 7) is 8.08. The van der Waals surface area contributed by atoms with Crippen molar-refractivity contribution in [3.8, 4) is 0 Å². The summed E-state index contributed by atoms with van der Waals surface area (Å²) >= 11 is 0. The molecule has 0 aromatic heterocycles. The highest BCUT2D eigenvalue weighted by molar-refractivity contribution is 5.99. The quantitative estimate of drug-likeness (QED) is 0.651. The number of hydrogen-bond acceptors (Lipinski definition) is 1. The number of carbonyl (C=O) groups excluding carboxylic acids is 1. The van der Waals surface area contributed by atoms with Crippen LogP contribution in [0.15, 0.2) is 23.4 Å². The Kier molecular flexibility index (Phi) is 2.91. The Hall–Kier alpha value is -1.05. The number of nitrogens with zero attached hydrogens (tertiary/aromatic N) is 1. The van der Waals surface area contributed by atoms with E-state index in [1.807, 2.05) is 0 Å². The molecule has 2 heteroatoms. The summed E-state index contributed by atoms with van der Waals surface area (Å²) < 4.78 is 0. The highest BCUT2D eigenvalue weighted by atomic mass is 16.2. The Morgan fingerprint density at radius 3 is 2.38 bits per heavy atom. The minimum Gasteiger partial charge on any atom is -0.312 e. The fourth-order valence-corrected chi connectivity index (χ4v) is 1.76. The minimum absolute atomic E-state index is 0.142. The molecule has 0 spiro atoms. The van der Waals surface area contributed by atoms with E-state index in [0.717, 1.165) is 36.1 Å². The van der Waals surface area contributed by atoms with Crippen LogP contribution in [0.5, 0.6) is 0 Å². The molecule has 0 aromatic rings. The van der Waals surface area contributed by atoms with Gasteiger partial charge in [0.05, 0.1) is 0 Å². The molecule has 0 saturated carbocycles. The van der Waals surface area contributed by atoms with Gasteiger partial charge in [0.2, 0.25) is 0 Å². The van der Waals surface area contributed by atoms with E-state index in [1.165, 1.54) is 0 Å². The van der Waals surface area contributed by atoms with E-state index in [2.05, 4.69) is 20.4 Å². The predicted molar refractivity (Wildman–Crippen MR) is 54.1 cm³/mol. The van der Waals surface area contributed by atoms with E-state index in [4.69, 9.17) is 0 Å². The molecule has 0 aromatic carbocycles. The van der Waals surface area contributed by atoms with E-state index in [9.17, 15) is 4.79 Å². The van der Waals surface area contributed by atoms with Crippen LogP contribution in [-0.4, -0.2) is 17.9 Å². The predicted octanol–water partition coefficient (Wildman–Crippen LogP) is 2.48. The second-order valence-corrected chi connectivity index (χ2v) is 3.37. The summed E-state index contributed by atoms with van der Waals surface area (Å²) in [7, 11) is 1.79. The van der Waals surface area contributed by atoms with E-state index < -0.39 is 0 Å². The van der Waals surface area contributed by atoms with Crippen molar-refractivity contribution in [1.82, 2.24) is 4.90 Å². The average molecular weight is 179 g/mol. The Morgan fingerprint density at radius 2 is 1.92 bits per heavy atom. The molecule has 1 amide bonds. The molecule has 13 heavy (non-hydrogen) atoms. The molecule has 0 bridgehead atoms. The van der Waals surface area contributed by atoms with Crippen LogP contribution in [0.4, 0.5) is 0 Å². The lowest BCUT2D eigenvalue weighted by atomic mass is 10.0. The molecular formula is C11H17NO. The lowest BCUT2D eigenvalue weighted by Gasteiger charge is -2.10. The first kappa shape index (κ1) is 10.0. The third kappa shape index (κ3) is 1.53. The van der Waals surface area contributed by atoms with Crippen molar-refractivity contribution >= 4 is 5.91 Å². The molecule has 0 fully saturated rings. The molecule has 0 N–H and O–H groups in total. The topological polar surface area (TPSA) is 20.3 Å². The van der Waals surface area contributed by atoms with E-state index in [0.29, 0.717) is 0 Å². The molecule has 1 aliphatic heterocycles. The Labute approximate surface area is 79.9 Å². The minimum atomic E-state index is 0.142. The Morgan fingerprint density at radius 1 is 1.31 bits per heavy atom. The Balaban J connectivity index is 3.02. The first-order valence-corrected chi connectivity index (χ1v) is 4.82. The molecule has 0 unspecified atom stereocenters. The average Bonchev–Trinajstić information content (AvgIpc) is 2.32. The lowest BCUT2D eigenvalue weighted by molar-refractivity contribution is -0.123. The monoisotopic (exact) mass is 179 g/mol. The summed E-state index contributed by atoms with van der Waals surface area (Å²) in [5.41, 5.74) is 3.00. The van der Waals surface area contributed by atoms with Gasteiger partial charge in [-0.1, -0.05) is 26.8 Å². The highest BCUT2D eigenvalue weighted by Crippen LogP contribution is 2.31. The van der Waals surface area contributed by atoms with Crippen LogP contribution in [0.25, 0.3) is 0 Å². The number of allylic oxidation sites excluding steroid dienone is 1. The van der Waals surface area contributed by atoms with Crippen LogP contribution in [0, 0.1) is 0 Å². The highest BCUT2D eigenvalue weighted by Gasteiger charge is 2.28. The molecule has 1 heterocycles. The van der Waals surface area contributed by atoms with E-state index in [-0.39, 0.29) is 5.91 Å². The molecular weight excluding hydrogens is 162 g/mol. The van der Waals surface area contributed by atoms with Gasteiger partial charge in [-0.2, -0.15) is 0 Å². The molecule has 0 radical (unpaired) electrons. The zero-order valence-corrected chi connectivity index (χ0v) is 8.68. The first-order valence-electron chi connectivity index (χ1n) is 4.82. The molecule has 0 saturated heterocycles. The molecule has 72 valence electrons. The van der Waals surface area contributed by atoms with Crippen LogP contribution in [0.3, 0.4) is 0 Å². The van der Waals surface area contributed by atoms with E-state index >= 15 is 0 Å². The fourth-order valence-electron chi connectivity index (χ4n) is 1.76. The first-order chi connectivity index (χ1) is 6.13. The number of rotatable bonds is 3. The summed E-state index contributed by atoms with van der Waals surface area (Å²) in [5, 5.41) is 0. The molecule has 0 atom stereocenters. The van der Waals surface area contributed by atoms with Gasteiger partial charge in [0, 0.05) is 18.3 Å². The standard InChI is InChI=1S/C11H17NO/c1-5-7-10-9(6-2)8(3)12(4)11(10)13/h3,5-7H2,1-2,4H3. The maximum absolute atomic E-state index is 11.7. The van der Waals surface area contributed by atoms with Crippen molar-refractivity contribution in [2.75, 3.05) is 7.05 Å². The normalized spacial score (nSPS) is 17.6. The molecule has 1 aliphatic rings. The van der Waals surface area contributed by atoms with Gasteiger partial charge in [-0.05, 0) is 18.4 Å². The van der Waals surface area contributed by atoms with Crippen LogP contribution < -0.4 is 0 Å². The number of hydrogen-bond donors (Lipinski definition) is 0. The van der Waals surface area contributed by atoms with Gasteiger partial charge in [-0.15, -0.1) is 0 Å².